The summed E-state index contributed by atoms with van der Waals surface area (Å²) in [4.78, 5) is 23.4. The second-order valence-corrected chi connectivity index (χ2v) is 7.18. The van der Waals surface area contributed by atoms with Gasteiger partial charge in [0, 0.05) is 11.1 Å². The van der Waals surface area contributed by atoms with Gasteiger partial charge in [0.05, 0.1) is 40.3 Å². The summed E-state index contributed by atoms with van der Waals surface area (Å²) in [5.41, 5.74) is 5.88. The van der Waals surface area contributed by atoms with Crippen molar-refractivity contribution < 1.29 is 43.9 Å². The molecule has 1 amide bonds. The molecule has 0 radical (unpaired) electrons. The summed E-state index contributed by atoms with van der Waals surface area (Å²) in [6.07, 6.45) is 1.14. The standard InChI is InChI=1S/C23H25N3O8/c1-30-17-6-5-12(7-16(17)26-23(29)15(24)10-20(27)28)14-11-25-34-21(14)13-8-18(31-2)22(33-4)19(9-13)32-3/h5-9,11,15H,10,24H2,1-4H3,(H,26,29)(H,27,28)/p+1. The fourth-order valence-corrected chi connectivity index (χ4v) is 3.38. The minimum atomic E-state index is -1.12. The molecule has 0 aliphatic rings. The van der Waals surface area contributed by atoms with Gasteiger partial charge in [-0.1, -0.05) is 11.2 Å². The molecule has 0 aliphatic heterocycles. The summed E-state index contributed by atoms with van der Waals surface area (Å²) in [5, 5.41) is 15.6. The third kappa shape index (κ3) is 5.04. The number of carboxylic acid groups (broad SMARTS) is 1. The maximum atomic E-state index is 12.4. The summed E-state index contributed by atoms with van der Waals surface area (Å²) in [6, 6.07) is 7.62. The first-order chi connectivity index (χ1) is 16.3. The number of aliphatic carboxylic acids is 1. The molecule has 11 heteroatoms. The van der Waals surface area contributed by atoms with Crippen molar-refractivity contribution in [3.8, 4) is 45.4 Å². The van der Waals surface area contributed by atoms with Crippen molar-refractivity contribution in [1.29, 1.82) is 0 Å². The largest absolute Gasteiger partial charge is 0.495 e. The molecule has 1 heterocycles. The Hall–Kier alpha value is -4.25. The third-order valence-corrected chi connectivity index (χ3v) is 5.06. The summed E-state index contributed by atoms with van der Waals surface area (Å²) >= 11 is 0. The van der Waals surface area contributed by atoms with E-state index >= 15 is 0 Å². The Labute approximate surface area is 195 Å². The number of quaternary nitrogens is 1. The maximum Gasteiger partial charge on any atom is 0.309 e. The number of amides is 1. The third-order valence-electron chi connectivity index (χ3n) is 5.06. The van der Waals surface area contributed by atoms with Crippen LogP contribution in [0.5, 0.6) is 23.0 Å². The zero-order valence-corrected chi connectivity index (χ0v) is 19.2. The van der Waals surface area contributed by atoms with Crippen LogP contribution in [0.25, 0.3) is 22.5 Å². The first-order valence-corrected chi connectivity index (χ1v) is 10.1. The average Bonchev–Trinajstić information content (AvgIpc) is 3.32. The van der Waals surface area contributed by atoms with Crippen LogP contribution in [0.2, 0.25) is 0 Å². The van der Waals surface area contributed by atoms with Gasteiger partial charge < -0.3 is 39.6 Å². The van der Waals surface area contributed by atoms with Crippen molar-refractivity contribution >= 4 is 17.6 Å². The van der Waals surface area contributed by atoms with E-state index in [9.17, 15) is 9.59 Å². The lowest BCUT2D eigenvalue weighted by molar-refractivity contribution is -0.401. The molecular formula is C23H26N3O8+. The van der Waals surface area contributed by atoms with E-state index in [0.717, 1.165) is 0 Å². The van der Waals surface area contributed by atoms with Gasteiger partial charge in [0.25, 0.3) is 5.91 Å². The predicted octanol–water partition coefficient (Wildman–Crippen LogP) is 2.07. The van der Waals surface area contributed by atoms with Crippen LogP contribution in [0.4, 0.5) is 5.69 Å². The van der Waals surface area contributed by atoms with Gasteiger partial charge in [-0.15, -0.1) is 0 Å². The Morgan fingerprint density at radius 1 is 1.00 bits per heavy atom. The van der Waals surface area contributed by atoms with Crippen LogP contribution in [-0.2, 0) is 9.59 Å². The molecule has 0 bridgehead atoms. The second kappa shape index (κ2) is 10.6. The van der Waals surface area contributed by atoms with Gasteiger partial charge in [0.15, 0.2) is 23.3 Å². The number of hydrogen-bond donors (Lipinski definition) is 3. The van der Waals surface area contributed by atoms with Crippen LogP contribution in [0, 0.1) is 0 Å². The van der Waals surface area contributed by atoms with Crippen LogP contribution in [-0.4, -0.2) is 56.6 Å². The summed E-state index contributed by atoms with van der Waals surface area (Å²) in [5.74, 6) is 0.494. The molecule has 1 atom stereocenters. The first kappa shape index (κ1) is 24.4. The van der Waals surface area contributed by atoms with E-state index in [1.165, 1.54) is 28.4 Å². The van der Waals surface area contributed by atoms with Crippen molar-refractivity contribution in [2.75, 3.05) is 33.8 Å². The van der Waals surface area contributed by atoms with E-state index < -0.39 is 24.3 Å². The van der Waals surface area contributed by atoms with E-state index in [4.69, 9.17) is 28.6 Å². The monoisotopic (exact) mass is 472 g/mol. The van der Waals surface area contributed by atoms with Crippen molar-refractivity contribution in [2.24, 2.45) is 0 Å². The Bertz CT molecular complexity index is 1170. The number of nitrogens with zero attached hydrogens (tertiary/aromatic N) is 1. The molecule has 0 aliphatic carbocycles. The number of hydrogen-bond acceptors (Lipinski definition) is 8. The molecule has 0 saturated carbocycles. The lowest BCUT2D eigenvalue weighted by Crippen LogP contribution is -2.66. The molecule has 11 nitrogen and oxygen atoms in total. The minimum absolute atomic E-state index is 0.348. The van der Waals surface area contributed by atoms with Crippen LogP contribution >= 0.6 is 0 Å². The molecule has 3 rings (SSSR count). The zero-order valence-electron chi connectivity index (χ0n) is 19.2. The van der Waals surface area contributed by atoms with Gasteiger partial charge in [0.1, 0.15) is 12.2 Å². The van der Waals surface area contributed by atoms with E-state index in [1.807, 2.05) is 0 Å². The highest BCUT2D eigenvalue weighted by Gasteiger charge is 2.23. The van der Waals surface area contributed by atoms with E-state index in [1.54, 1.807) is 36.5 Å². The fourth-order valence-electron chi connectivity index (χ4n) is 3.38. The molecule has 5 N–H and O–H groups in total. The van der Waals surface area contributed by atoms with E-state index in [-0.39, 0.29) is 0 Å². The lowest BCUT2D eigenvalue weighted by atomic mass is 10.0. The number of aromatic nitrogens is 1. The van der Waals surface area contributed by atoms with Gasteiger partial charge in [-0.2, -0.15) is 0 Å². The average molecular weight is 472 g/mol. The minimum Gasteiger partial charge on any atom is -0.495 e. The van der Waals surface area contributed by atoms with Gasteiger partial charge in [-0.25, -0.2) is 0 Å². The summed E-state index contributed by atoms with van der Waals surface area (Å²) in [7, 11) is 6.01. The first-order valence-electron chi connectivity index (χ1n) is 10.1. The molecule has 1 unspecified atom stereocenters. The normalized spacial score (nSPS) is 11.4. The molecule has 34 heavy (non-hydrogen) atoms. The van der Waals surface area contributed by atoms with E-state index in [2.05, 4.69) is 16.2 Å². The van der Waals surface area contributed by atoms with Gasteiger partial charge in [-0.05, 0) is 29.8 Å². The highest BCUT2D eigenvalue weighted by molar-refractivity contribution is 5.97. The van der Waals surface area contributed by atoms with Crippen LogP contribution in [0.15, 0.2) is 41.1 Å². The van der Waals surface area contributed by atoms with Gasteiger partial charge in [0.2, 0.25) is 5.75 Å². The number of carbonyl (C=O) groups is 2. The highest BCUT2D eigenvalue weighted by atomic mass is 16.5. The molecule has 0 fully saturated rings. The molecule has 2 aromatic carbocycles. The smallest absolute Gasteiger partial charge is 0.309 e. The number of ether oxygens (including phenoxy) is 4. The van der Waals surface area contributed by atoms with Crippen LogP contribution in [0.1, 0.15) is 6.42 Å². The quantitative estimate of drug-likeness (QED) is 0.402. The van der Waals surface area contributed by atoms with Crippen molar-refractivity contribution in [1.82, 2.24) is 5.16 Å². The van der Waals surface area contributed by atoms with Crippen molar-refractivity contribution in [2.45, 2.75) is 12.5 Å². The van der Waals surface area contributed by atoms with Crippen molar-refractivity contribution in [3.05, 3.63) is 36.5 Å². The topological polar surface area (TPSA) is 157 Å². The molecule has 1 aromatic heterocycles. The van der Waals surface area contributed by atoms with Crippen LogP contribution < -0.4 is 30.0 Å². The Balaban J connectivity index is 2.02. The highest BCUT2D eigenvalue weighted by Crippen LogP contribution is 2.44. The van der Waals surface area contributed by atoms with Crippen molar-refractivity contribution in [3.63, 3.8) is 0 Å². The van der Waals surface area contributed by atoms with E-state index in [0.29, 0.717) is 51.1 Å². The molecular weight excluding hydrogens is 446 g/mol. The number of carbonyl (C=O) groups excluding carboxylic acids is 1. The predicted molar refractivity (Wildman–Crippen MR) is 121 cm³/mol. The SMILES string of the molecule is COc1ccc(-c2cnoc2-c2cc(OC)c(OC)c(OC)c2)cc1NC(=O)C([NH3+])CC(=O)O. The second-order valence-electron chi connectivity index (χ2n) is 7.18. The molecule has 0 spiro atoms. The summed E-state index contributed by atoms with van der Waals surface area (Å²) in [6.45, 7) is 0. The Morgan fingerprint density at radius 3 is 2.21 bits per heavy atom. The lowest BCUT2D eigenvalue weighted by Gasteiger charge is -2.14. The van der Waals surface area contributed by atoms with Gasteiger partial charge in [-0.3, -0.25) is 9.59 Å². The van der Waals surface area contributed by atoms with Crippen LogP contribution in [0.3, 0.4) is 0 Å². The number of carboxylic acids is 1. The number of benzene rings is 2. The molecule has 3 aromatic rings. The Kier molecular flexibility index (Phi) is 7.59. The fraction of sp³-hybridized carbons (Fsp3) is 0.261. The number of rotatable bonds is 10. The number of methoxy groups -OCH3 is 4. The Morgan fingerprint density at radius 2 is 1.65 bits per heavy atom. The zero-order chi connectivity index (χ0) is 24.8. The molecule has 180 valence electrons. The number of nitrogens with one attached hydrogen (secondary N) is 1. The maximum absolute atomic E-state index is 12.4. The van der Waals surface area contributed by atoms with Gasteiger partial charge >= 0.3 is 5.97 Å². The summed E-state index contributed by atoms with van der Waals surface area (Å²) < 4.78 is 27.1. The molecule has 0 saturated heterocycles. The number of anilines is 1.